The number of ether oxygens (including phenoxy) is 2. The summed E-state index contributed by atoms with van der Waals surface area (Å²) < 4.78 is 10.4. The minimum absolute atomic E-state index is 0.0520. The Labute approximate surface area is 100 Å². The zero-order chi connectivity index (χ0) is 12.6. The van der Waals surface area contributed by atoms with Gasteiger partial charge in [-0.3, -0.25) is 4.90 Å². The molecule has 2 aliphatic heterocycles. The Hall–Kier alpha value is -1.52. The van der Waals surface area contributed by atoms with Gasteiger partial charge in [0.15, 0.2) is 5.54 Å². The van der Waals surface area contributed by atoms with E-state index in [0.717, 1.165) is 0 Å². The van der Waals surface area contributed by atoms with Crippen LogP contribution in [0.25, 0.3) is 0 Å². The zero-order valence-corrected chi connectivity index (χ0v) is 10.3. The largest absolute Gasteiger partial charge is 0.464 e. The molecule has 0 bridgehead atoms. The Balaban J connectivity index is 2.40. The molecule has 0 aliphatic carbocycles. The molecular formula is C12H17NO4. The molecule has 0 unspecified atom stereocenters. The van der Waals surface area contributed by atoms with Gasteiger partial charge in [0.05, 0.1) is 6.61 Å². The SMILES string of the molecule is CCOC(=O)[C@@]12C=CCN1C(=O)O[C@@H]2C(C)C. The van der Waals surface area contributed by atoms with E-state index in [1.807, 2.05) is 19.9 Å². The Morgan fingerprint density at radius 3 is 3.00 bits per heavy atom. The van der Waals surface area contributed by atoms with E-state index in [1.165, 1.54) is 4.90 Å². The summed E-state index contributed by atoms with van der Waals surface area (Å²) in [6, 6.07) is 0. The van der Waals surface area contributed by atoms with Gasteiger partial charge in [0, 0.05) is 6.54 Å². The summed E-state index contributed by atoms with van der Waals surface area (Å²) in [5.41, 5.74) is -1.05. The molecule has 2 heterocycles. The summed E-state index contributed by atoms with van der Waals surface area (Å²) in [4.78, 5) is 25.3. The number of fused-ring (bicyclic) bond motifs is 1. The summed E-state index contributed by atoms with van der Waals surface area (Å²) in [6.45, 7) is 6.30. The monoisotopic (exact) mass is 239 g/mol. The van der Waals surface area contributed by atoms with Crippen LogP contribution >= 0.6 is 0 Å². The highest BCUT2D eigenvalue weighted by molar-refractivity contribution is 5.92. The van der Waals surface area contributed by atoms with Crippen molar-refractivity contribution in [3.8, 4) is 0 Å². The number of carbonyl (C=O) groups is 2. The van der Waals surface area contributed by atoms with Crippen LogP contribution in [0.4, 0.5) is 4.79 Å². The van der Waals surface area contributed by atoms with Gasteiger partial charge < -0.3 is 9.47 Å². The molecule has 1 amide bonds. The van der Waals surface area contributed by atoms with Crippen molar-refractivity contribution in [2.24, 2.45) is 5.92 Å². The Kier molecular flexibility index (Phi) is 2.85. The summed E-state index contributed by atoms with van der Waals surface area (Å²) in [6.07, 6.45) is 2.63. The summed E-state index contributed by atoms with van der Waals surface area (Å²) in [7, 11) is 0. The van der Waals surface area contributed by atoms with Crippen molar-refractivity contribution >= 4 is 12.1 Å². The molecule has 0 radical (unpaired) electrons. The lowest BCUT2D eigenvalue weighted by Gasteiger charge is -2.31. The number of rotatable bonds is 3. The molecule has 94 valence electrons. The number of amides is 1. The smallest absolute Gasteiger partial charge is 0.411 e. The molecule has 5 nitrogen and oxygen atoms in total. The average molecular weight is 239 g/mol. The molecule has 0 saturated carbocycles. The first-order chi connectivity index (χ1) is 8.04. The lowest BCUT2D eigenvalue weighted by Crippen LogP contribution is -2.55. The first-order valence-electron chi connectivity index (χ1n) is 5.87. The van der Waals surface area contributed by atoms with Crippen LogP contribution in [0, 0.1) is 5.92 Å². The molecule has 2 aliphatic rings. The maximum absolute atomic E-state index is 12.2. The second kappa shape index (κ2) is 4.05. The molecule has 0 aromatic heterocycles. The number of esters is 1. The molecular weight excluding hydrogens is 222 g/mol. The molecule has 0 N–H and O–H groups in total. The Morgan fingerprint density at radius 1 is 1.71 bits per heavy atom. The fourth-order valence-corrected chi connectivity index (χ4v) is 2.50. The van der Waals surface area contributed by atoms with Crippen LogP contribution in [0.15, 0.2) is 12.2 Å². The number of carbonyl (C=O) groups excluding carboxylic acids is 2. The van der Waals surface area contributed by atoms with E-state index >= 15 is 0 Å². The third-order valence-electron chi connectivity index (χ3n) is 3.20. The molecule has 1 saturated heterocycles. The van der Waals surface area contributed by atoms with E-state index in [2.05, 4.69) is 0 Å². The topological polar surface area (TPSA) is 55.8 Å². The maximum Gasteiger partial charge on any atom is 0.411 e. The number of nitrogens with zero attached hydrogens (tertiary/aromatic N) is 1. The number of cyclic esters (lactones) is 1. The first kappa shape index (κ1) is 12.0. The van der Waals surface area contributed by atoms with Crippen molar-refractivity contribution < 1.29 is 19.1 Å². The van der Waals surface area contributed by atoms with Crippen LogP contribution in [0.1, 0.15) is 20.8 Å². The highest BCUT2D eigenvalue weighted by Crippen LogP contribution is 2.40. The van der Waals surface area contributed by atoms with Gasteiger partial charge in [-0.15, -0.1) is 0 Å². The van der Waals surface area contributed by atoms with Gasteiger partial charge >= 0.3 is 12.1 Å². The van der Waals surface area contributed by atoms with Crippen molar-refractivity contribution in [1.82, 2.24) is 4.90 Å². The predicted octanol–water partition coefficient (Wildman–Crippen LogP) is 1.33. The van der Waals surface area contributed by atoms with Crippen LogP contribution < -0.4 is 0 Å². The molecule has 2 atom stereocenters. The van der Waals surface area contributed by atoms with Crippen molar-refractivity contribution in [3.05, 3.63) is 12.2 Å². The molecule has 5 heteroatoms. The van der Waals surface area contributed by atoms with E-state index in [9.17, 15) is 9.59 Å². The van der Waals surface area contributed by atoms with Gasteiger partial charge in [-0.05, 0) is 18.9 Å². The molecule has 2 rings (SSSR count). The predicted molar refractivity (Wildman–Crippen MR) is 60.3 cm³/mol. The van der Waals surface area contributed by atoms with Crippen LogP contribution in [0.2, 0.25) is 0 Å². The van der Waals surface area contributed by atoms with Gasteiger partial charge in [0.2, 0.25) is 0 Å². The van der Waals surface area contributed by atoms with Crippen molar-refractivity contribution in [2.75, 3.05) is 13.2 Å². The van der Waals surface area contributed by atoms with Gasteiger partial charge in [0.1, 0.15) is 6.10 Å². The van der Waals surface area contributed by atoms with Crippen molar-refractivity contribution in [3.63, 3.8) is 0 Å². The molecule has 0 spiro atoms. The van der Waals surface area contributed by atoms with E-state index in [0.29, 0.717) is 13.2 Å². The highest BCUT2D eigenvalue weighted by atomic mass is 16.6. The fraction of sp³-hybridized carbons (Fsp3) is 0.667. The normalized spacial score (nSPS) is 30.7. The lowest BCUT2D eigenvalue weighted by molar-refractivity contribution is -0.154. The molecule has 0 aromatic carbocycles. The van der Waals surface area contributed by atoms with Gasteiger partial charge in [0.25, 0.3) is 0 Å². The minimum Gasteiger partial charge on any atom is -0.464 e. The summed E-state index contributed by atoms with van der Waals surface area (Å²) >= 11 is 0. The third-order valence-corrected chi connectivity index (χ3v) is 3.20. The number of hydrogen-bond donors (Lipinski definition) is 0. The average Bonchev–Trinajstić information content (AvgIpc) is 2.79. The van der Waals surface area contributed by atoms with Crippen LogP contribution in [-0.4, -0.2) is 41.8 Å². The molecule has 1 fully saturated rings. The lowest BCUT2D eigenvalue weighted by atomic mass is 9.86. The summed E-state index contributed by atoms with van der Waals surface area (Å²) in [5.74, 6) is -0.352. The Morgan fingerprint density at radius 2 is 2.41 bits per heavy atom. The number of hydrogen-bond acceptors (Lipinski definition) is 4. The second-order valence-corrected chi connectivity index (χ2v) is 4.61. The summed E-state index contributed by atoms with van der Waals surface area (Å²) in [5, 5.41) is 0. The van der Waals surface area contributed by atoms with E-state index in [1.54, 1.807) is 13.0 Å². The van der Waals surface area contributed by atoms with E-state index in [4.69, 9.17) is 9.47 Å². The second-order valence-electron chi connectivity index (χ2n) is 4.61. The van der Waals surface area contributed by atoms with E-state index < -0.39 is 23.7 Å². The maximum atomic E-state index is 12.2. The van der Waals surface area contributed by atoms with Crippen molar-refractivity contribution in [1.29, 1.82) is 0 Å². The zero-order valence-electron chi connectivity index (χ0n) is 10.3. The minimum atomic E-state index is -1.05. The molecule has 17 heavy (non-hydrogen) atoms. The fourth-order valence-electron chi connectivity index (χ4n) is 2.50. The Bertz CT molecular complexity index is 377. The van der Waals surface area contributed by atoms with Gasteiger partial charge in [-0.25, -0.2) is 9.59 Å². The van der Waals surface area contributed by atoms with Gasteiger partial charge in [-0.1, -0.05) is 19.9 Å². The standard InChI is InChI=1S/C12H17NO4/c1-4-16-10(14)12-6-5-7-13(12)11(15)17-9(12)8(2)3/h5-6,8-9H,4,7H2,1-3H3/t9-,12+/m1/s1. The van der Waals surface area contributed by atoms with Crippen LogP contribution in [0.5, 0.6) is 0 Å². The third kappa shape index (κ3) is 1.52. The van der Waals surface area contributed by atoms with Crippen molar-refractivity contribution in [2.45, 2.75) is 32.4 Å². The first-order valence-corrected chi connectivity index (χ1v) is 5.87. The van der Waals surface area contributed by atoms with Gasteiger partial charge in [-0.2, -0.15) is 0 Å². The van der Waals surface area contributed by atoms with Crippen LogP contribution in [-0.2, 0) is 14.3 Å². The van der Waals surface area contributed by atoms with Crippen LogP contribution in [0.3, 0.4) is 0 Å². The molecule has 0 aromatic rings. The quantitative estimate of drug-likeness (QED) is 0.551. The van der Waals surface area contributed by atoms with E-state index in [-0.39, 0.29) is 5.92 Å². The highest BCUT2D eigenvalue weighted by Gasteiger charge is 2.62.